The van der Waals surface area contributed by atoms with Crippen molar-refractivity contribution in [3.05, 3.63) is 18.2 Å². The van der Waals surface area contributed by atoms with Crippen molar-refractivity contribution < 1.29 is 57.6 Å². The minimum absolute atomic E-state index is 0.0911. The van der Waals surface area contributed by atoms with Crippen LogP contribution in [0.4, 0.5) is 0 Å². The number of hydrogen-bond acceptors (Lipinski definition) is 12. The molecule has 2 rings (SSSR count). The molecule has 59 heavy (non-hydrogen) atoms. The first-order chi connectivity index (χ1) is 27.8. The third-order valence-electron chi connectivity index (χ3n) is 9.87. The Balaban J connectivity index is 2.30. The molecule has 1 aromatic heterocycles. The van der Waals surface area contributed by atoms with Gasteiger partial charge in [-0.3, -0.25) is 33.3 Å². The van der Waals surface area contributed by atoms with Crippen LogP contribution in [0.1, 0.15) is 98.6 Å². The van der Waals surface area contributed by atoms with Crippen LogP contribution in [-0.4, -0.2) is 127 Å². The van der Waals surface area contributed by atoms with Gasteiger partial charge in [0.05, 0.1) is 19.0 Å². The number of unbranched alkanes of at least 4 members (excludes halogenated alkanes) is 2. The van der Waals surface area contributed by atoms with E-state index in [2.05, 4.69) is 49.8 Å². The molecule has 0 saturated carbocycles. The Hall–Kier alpha value is -4.43. The summed E-state index contributed by atoms with van der Waals surface area (Å²) in [5, 5.41) is 24.1. The Bertz CT molecular complexity index is 1620. The Morgan fingerprint density at radius 1 is 0.983 bits per heavy atom. The SMILES string of the molecule is CCC(/C=N/OCCCCCn1cncc1C[C@H](NC(=O)[C@H](CC(C)C)NC(=O)[C@@H]1CCCN1C(C)=O)C(=O)N[C@@H](CO)C(=O)N[C@H](C(N)=O)[C@@H](C)OP(=O)(O)O)CC. The molecule has 6 atom stereocenters. The van der Waals surface area contributed by atoms with Crippen LogP contribution in [0.5, 0.6) is 0 Å². The van der Waals surface area contributed by atoms with Crippen LogP contribution < -0.4 is 27.0 Å². The van der Waals surface area contributed by atoms with Crippen molar-refractivity contribution in [2.24, 2.45) is 22.7 Å². The molecule has 0 spiro atoms. The zero-order valence-corrected chi connectivity index (χ0v) is 35.8. The molecule has 0 aromatic carbocycles. The number of phosphoric acid groups is 1. The Kier molecular flexibility index (Phi) is 21.7. The summed E-state index contributed by atoms with van der Waals surface area (Å²) >= 11 is 0. The van der Waals surface area contributed by atoms with Gasteiger partial charge in [-0.05, 0) is 70.1 Å². The van der Waals surface area contributed by atoms with Crippen LogP contribution in [0.3, 0.4) is 0 Å². The fourth-order valence-electron chi connectivity index (χ4n) is 6.52. The van der Waals surface area contributed by atoms with Gasteiger partial charge in [-0.1, -0.05) is 32.9 Å². The Morgan fingerprint density at radius 2 is 1.63 bits per heavy atom. The molecule has 9 N–H and O–H groups in total. The highest BCUT2D eigenvalue weighted by Crippen LogP contribution is 2.38. The topological polar surface area (TPSA) is 306 Å². The summed E-state index contributed by atoms with van der Waals surface area (Å²) < 4.78 is 17.7. The molecule has 0 bridgehead atoms. The van der Waals surface area contributed by atoms with Crippen LogP contribution in [0, 0.1) is 11.8 Å². The van der Waals surface area contributed by atoms with Crippen molar-refractivity contribution in [1.82, 2.24) is 35.7 Å². The number of aryl methyl sites for hydroxylation is 1. The van der Waals surface area contributed by atoms with Crippen molar-refractivity contribution in [2.45, 2.75) is 142 Å². The normalized spacial score (nSPS) is 17.0. The molecule has 1 aliphatic heterocycles. The van der Waals surface area contributed by atoms with E-state index in [1.54, 1.807) is 10.9 Å². The van der Waals surface area contributed by atoms with Crippen LogP contribution in [0.2, 0.25) is 0 Å². The molecule has 1 aliphatic rings. The number of carbonyl (C=O) groups is 6. The lowest BCUT2D eigenvalue weighted by atomic mass is 10.0. The van der Waals surface area contributed by atoms with Gasteiger partial charge in [0.1, 0.15) is 36.8 Å². The predicted octanol–water partition coefficient (Wildman–Crippen LogP) is 0.00610. The van der Waals surface area contributed by atoms with Gasteiger partial charge in [0.2, 0.25) is 35.4 Å². The van der Waals surface area contributed by atoms with Gasteiger partial charge in [0.15, 0.2) is 0 Å². The van der Waals surface area contributed by atoms with Crippen LogP contribution in [-0.2, 0) is 55.7 Å². The highest BCUT2D eigenvalue weighted by molar-refractivity contribution is 7.46. The number of oxime groups is 1. The quantitative estimate of drug-likeness (QED) is 0.0251. The maximum absolute atomic E-state index is 14.0. The van der Waals surface area contributed by atoms with E-state index in [4.69, 9.17) is 10.6 Å². The van der Waals surface area contributed by atoms with Gasteiger partial charge >= 0.3 is 7.82 Å². The van der Waals surface area contributed by atoms with E-state index in [1.807, 2.05) is 20.1 Å². The standard InChI is InChI=1S/C37H64N9O12P/c1-7-26(8-2)19-40-57-16-11-9-10-14-45-22-39-20-27(45)18-29(35(51)43-30(21-47)36(52)44-32(33(38)49)24(5)58-59(54,55)56)41-34(50)28(17-23(3)4)42-37(53)31-13-12-15-46(31)25(6)48/h19-20,22-24,26,28-32,47H,7-18,21H2,1-6H3,(H2,38,49)(H,41,50)(H,42,53)(H,43,51)(H,44,52)(H2,54,55,56)/b40-19+/t24-,28+,29+,30+,31+,32+/m1/s1. The van der Waals surface area contributed by atoms with Crippen molar-refractivity contribution in [1.29, 1.82) is 0 Å². The maximum Gasteiger partial charge on any atom is 0.469 e. The third kappa shape index (κ3) is 17.8. The van der Waals surface area contributed by atoms with E-state index in [0.717, 1.165) is 32.6 Å². The summed E-state index contributed by atoms with van der Waals surface area (Å²) in [6.45, 7) is 10.7. The van der Waals surface area contributed by atoms with E-state index in [0.29, 0.717) is 50.6 Å². The average Bonchev–Trinajstić information content (AvgIpc) is 3.84. The molecular formula is C37H64N9O12P. The fraction of sp³-hybridized carbons (Fsp3) is 0.730. The molecule has 2 heterocycles. The smallest absolute Gasteiger partial charge is 0.396 e. The van der Waals surface area contributed by atoms with Gasteiger partial charge < -0.3 is 56.2 Å². The van der Waals surface area contributed by atoms with Crippen LogP contribution >= 0.6 is 7.82 Å². The number of nitrogens with two attached hydrogens (primary N) is 1. The number of carbonyl (C=O) groups excluding carboxylic acids is 6. The zero-order chi connectivity index (χ0) is 44.3. The van der Waals surface area contributed by atoms with Gasteiger partial charge in [0.25, 0.3) is 0 Å². The summed E-state index contributed by atoms with van der Waals surface area (Å²) in [5.41, 5.74) is 5.87. The second-order valence-corrected chi connectivity index (χ2v) is 16.3. The number of likely N-dealkylation sites (tertiary alicyclic amines) is 1. The lowest BCUT2D eigenvalue weighted by molar-refractivity contribution is -0.139. The highest BCUT2D eigenvalue weighted by Gasteiger charge is 2.37. The summed E-state index contributed by atoms with van der Waals surface area (Å²) in [4.78, 5) is 108. The molecular weight excluding hydrogens is 793 g/mol. The predicted molar refractivity (Wildman–Crippen MR) is 215 cm³/mol. The molecule has 22 heteroatoms. The number of aliphatic hydroxyl groups is 1. The minimum Gasteiger partial charge on any atom is -0.396 e. The molecule has 0 unspecified atom stereocenters. The zero-order valence-electron chi connectivity index (χ0n) is 34.9. The van der Waals surface area contributed by atoms with E-state index in [-0.39, 0.29) is 24.7 Å². The number of primary amides is 1. The first-order valence-electron chi connectivity index (χ1n) is 20.1. The molecule has 21 nitrogen and oxygen atoms in total. The van der Waals surface area contributed by atoms with Crippen molar-refractivity contribution in [2.75, 3.05) is 19.8 Å². The number of aromatic nitrogens is 2. The second-order valence-electron chi connectivity index (χ2n) is 15.1. The summed E-state index contributed by atoms with van der Waals surface area (Å²) in [6.07, 6.45) is 8.55. The average molecular weight is 858 g/mol. The number of phosphoric ester groups is 1. The Labute approximate surface area is 345 Å². The summed E-state index contributed by atoms with van der Waals surface area (Å²) in [6, 6.07) is -6.80. The molecule has 6 amide bonds. The number of nitrogens with one attached hydrogen (secondary N) is 4. The lowest BCUT2D eigenvalue weighted by Crippen LogP contribution is -2.61. The largest absolute Gasteiger partial charge is 0.469 e. The first-order valence-corrected chi connectivity index (χ1v) is 21.6. The van der Waals surface area contributed by atoms with Crippen molar-refractivity contribution >= 4 is 49.5 Å². The Morgan fingerprint density at radius 3 is 2.22 bits per heavy atom. The third-order valence-corrected chi connectivity index (χ3v) is 10.5. The number of rotatable bonds is 27. The van der Waals surface area contributed by atoms with Crippen LogP contribution in [0.25, 0.3) is 0 Å². The monoisotopic (exact) mass is 857 g/mol. The molecule has 334 valence electrons. The van der Waals surface area contributed by atoms with E-state index in [1.165, 1.54) is 18.0 Å². The highest BCUT2D eigenvalue weighted by atomic mass is 31.2. The van der Waals surface area contributed by atoms with E-state index in [9.17, 15) is 48.2 Å². The summed E-state index contributed by atoms with van der Waals surface area (Å²) in [7, 11) is -5.11. The van der Waals surface area contributed by atoms with Crippen LogP contribution in [0.15, 0.2) is 17.7 Å². The molecule has 1 aromatic rings. The van der Waals surface area contributed by atoms with Gasteiger partial charge in [-0.2, -0.15) is 0 Å². The first kappa shape index (κ1) is 50.7. The van der Waals surface area contributed by atoms with Gasteiger partial charge in [-0.25, -0.2) is 9.55 Å². The van der Waals surface area contributed by atoms with E-state index >= 15 is 0 Å². The maximum atomic E-state index is 14.0. The number of aliphatic hydroxyl groups excluding tert-OH is 1. The molecule has 1 saturated heterocycles. The number of amides is 6. The number of imidazole rings is 1. The van der Waals surface area contributed by atoms with Gasteiger partial charge in [0, 0.05) is 44.5 Å². The van der Waals surface area contributed by atoms with Crippen molar-refractivity contribution in [3.8, 4) is 0 Å². The number of hydrogen-bond donors (Lipinski definition) is 8. The number of nitrogens with zero attached hydrogens (tertiary/aromatic N) is 4. The molecule has 1 fully saturated rings. The molecule has 0 radical (unpaired) electrons. The summed E-state index contributed by atoms with van der Waals surface area (Å²) in [5.74, 6) is -4.54. The van der Waals surface area contributed by atoms with Gasteiger partial charge in [-0.15, -0.1) is 0 Å². The minimum atomic E-state index is -5.11. The lowest BCUT2D eigenvalue weighted by Gasteiger charge is -2.28. The second kappa shape index (κ2) is 25.3. The van der Waals surface area contributed by atoms with E-state index < -0.39 is 80.3 Å². The fourth-order valence-corrected chi connectivity index (χ4v) is 7.08. The molecule has 0 aliphatic carbocycles. The van der Waals surface area contributed by atoms with Crippen molar-refractivity contribution in [3.63, 3.8) is 0 Å².